The summed E-state index contributed by atoms with van der Waals surface area (Å²) in [5, 5.41) is 11.0. The first kappa shape index (κ1) is 14.7. The molecule has 0 spiro atoms. The van der Waals surface area contributed by atoms with Crippen molar-refractivity contribution in [1.82, 2.24) is 15.5 Å². The molecule has 0 aliphatic carbocycles. The van der Waals surface area contributed by atoms with Crippen molar-refractivity contribution in [1.29, 1.82) is 0 Å². The maximum Gasteiger partial charge on any atom is 0.419 e. The Kier molecular flexibility index (Phi) is 4.19. The van der Waals surface area contributed by atoms with Gasteiger partial charge in [0.05, 0.1) is 5.56 Å². The molecular weight excluding hydrogens is 298 g/mol. The van der Waals surface area contributed by atoms with Gasteiger partial charge in [-0.25, -0.2) is 4.39 Å². The van der Waals surface area contributed by atoms with Gasteiger partial charge in [-0.2, -0.15) is 13.2 Å². The van der Waals surface area contributed by atoms with Crippen molar-refractivity contribution in [3.8, 4) is 10.9 Å². The van der Waals surface area contributed by atoms with E-state index in [1.807, 2.05) is 0 Å². The first-order chi connectivity index (χ1) is 9.40. The number of hydrogen-bond donors (Lipinski definition) is 1. The Balaban J connectivity index is 2.21. The van der Waals surface area contributed by atoms with Crippen molar-refractivity contribution in [2.24, 2.45) is 0 Å². The van der Waals surface area contributed by atoms with Crippen LogP contribution in [0.25, 0.3) is 0 Å². The first-order valence-corrected chi connectivity index (χ1v) is 6.23. The maximum atomic E-state index is 13.1. The van der Waals surface area contributed by atoms with Crippen molar-refractivity contribution < 1.29 is 22.3 Å². The standard InChI is InChI=1S/C11H9F4N3OS/c1-16-5-9-17-18-10(20-9)19-6-2-3-8(12)7(4-6)11(13,14)15/h2-4,16H,5H2,1H3. The minimum Gasteiger partial charge on any atom is -0.430 e. The van der Waals surface area contributed by atoms with Crippen molar-refractivity contribution in [3.05, 3.63) is 34.6 Å². The van der Waals surface area contributed by atoms with E-state index in [1.54, 1.807) is 7.05 Å². The predicted octanol–water partition coefficient (Wildman–Crippen LogP) is 3.21. The molecule has 20 heavy (non-hydrogen) atoms. The molecule has 2 rings (SSSR count). The van der Waals surface area contributed by atoms with Crippen LogP contribution >= 0.6 is 11.3 Å². The zero-order valence-electron chi connectivity index (χ0n) is 10.2. The summed E-state index contributed by atoms with van der Waals surface area (Å²) in [7, 11) is 1.72. The van der Waals surface area contributed by atoms with Crippen molar-refractivity contribution in [2.45, 2.75) is 12.7 Å². The third-order valence-corrected chi connectivity index (χ3v) is 3.03. The van der Waals surface area contributed by atoms with Gasteiger partial charge in [0.25, 0.3) is 5.19 Å². The molecule has 2 aromatic rings. The molecule has 0 saturated heterocycles. The number of halogens is 4. The Morgan fingerprint density at radius 1 is 1.30 bits per heavy atom. The molecule has 0 amide bonds. The van der Waals surface area contributed by atoms with Crippen LogP contribution in [-0.2, 0) is 12.7 Å². The van der Waals surface area contributed by atoms with E-state index in [-0.39, 0.29) is 10.9 Å². The lowest BCUT2D eigenvalue weighted by atomic mass is 10.2. The lowest BCUT2D eigenvalue weighted by molar-refractivity contribution is -0.140. The van der Waals surface area contributed by atoms with Crippen LogP contribution in [0.2, 0.25) is 0 Å². The van der Waals surface area contributed by atoms with E-state index in [2.05, 4.69) is 15.5 Å². The van der Waals surface area contributed by atoms with Gasteiger partial charge in [0.1, 0.15) is 16.6 Å². The highest BCUT2D eigenvalue weighted by Gasteiger charge is 2.34. The molecule has 0 saturated carbocycles. The molecule has 0 fully saturated rings. The zero-order chi connectivity index (χ0) is 14.8. The van der Waals surface area contributed by atoms with Crippen LogP contribution in [-0.4, -0.2) is 17.2 Å². The average Bonchev–Trinajstić information content (AvgIpc) is 2.78. The molecule has 1 aromatic carbocycles. The molecule has 9 heteroatoms. The number of hydrogen-bond acceptors (Lipinski definition) is 5. The predicted molar refractivity (Wildman–Crippen MR) is 64.1 cm³/mol. The summed E-state index contributed by atoms with van der Waals surface area (Å²) in [4.78, 5) is 0. The third-order valence-electron chi connectivity index (χ3n) is 2.22. The highest BCUT2D eigenvalue weighted by atomic mass is 32.1. The number of nitrogens with one attached hydrogen (secondary N) is 1. The molecule has 1 heterocycles. The Hall–Kier alpha value is -1.74. The van der Waals surface area contributed by atoms with Gasteiger partial charge in [-0.3, -0.25) is 0 Å². The normalized spacial score (nSPS) is 11.7. The first-order valence-electron chi connectivity index (χ1n) is 5.41. The van der Waals surface area contributed by atoms with Crippen LogP contribution in [0.5, 0.6) is 10.9 Å². The van der Waals surface area contributed by atoms with E-state index in [0.717, 1.165) is 17.4 Å². The van der Waals surface area contributed by atoms with Crippen molar-refractivity contribution in [3.63, 3.8) is 0 Å². The van der Waals surface area contributed by atoms with Crippen LogP contribution in [0.15, 0.2) is 18.2 Å². The second-order valence-corrected chi connectivity index (χ2v) is 4.76. The lowest BCUT2D eigenvalue weighted by Crippen LogP contribution is -2.08. The molecule has 0 radical (unpaired) electrons. The molecule has 0 atom stereocenters. The third kappa shape index (κ3) is 3.42. The van der Waals surface area contributed by atoms with Crippen LogP contribution in [0, 0.1) is 5.82 Å². The van der Waals surface area contributed by atoms with Gasteiger partial charge >= 0.3 is 6.18 Å². The Morgan fingerprint density at radius 2 is 2.05 bits per heavy atom. The summed E-state index contributed by atoms with van der Waals surface area (Å²) >= 11 is 1.09. The number of aromatic nitrogens is 2. The van der Waals surface area contributed by atoms with Gasteiger partial charge in [-0.1, -0.05) is 16.4 Å². The van der Waals surface area contributed by atoms with Gasteiger partial charge < -0.3 is 10.1 Å². The fourth-order valence-electron chi connectivity index (χ4n) is 1.39. The molecule has 0 aliphatic rings. The monoisotopic (exact) mass is 307 g/mol. The highest BCUT2D eigenvalue weighted by molar-refractivity contribution is 7.13. The molecule has 1 N–H and O–H groups in total. The minimum absolute atomic E-state index is 0.0926. The summed E-state index contributed by atoms with van der Waals surface area (Å²) in [5.74, 6) is -1.50. The average molecular weight is 307 g/mol. The number of nitrogens with zero attached hydrogens (tertiary/aromatic N) is 2. The number of alkyl halides is 3. The van der Waals surface area contributed by atoms with E-state index in [0.29, 0.717) is 23.7 Å². The van der Waals surface area contributed by atoms with Crippen LogP contribution in [0.3, 0.4) is 0 Å². The Labute approximate surface area is 115 Å². The quantitative estimate of drug-likeness (QED) is 0.881. The van der Waals surface area contributed by atoms with Crippen molar-refractivity contribution in [2.75, 3.05) is 7.05 Å². The van der Waals surface area contributed by atoms with E-state index in [9.17, 15) is 17.6 Å². The van der Waals surface area contributed by atoms with Crippen molar-refractivity contribution >= 4 is 11.3 Å². The lowest BCUT2D eigenvalue weighted by Gasteiger charge is -2.09. The SMILES string of the molecule is CNCc1nnc(Oc2ccc(F)c(C(F)(F)F)c2)s1. The second-order valence-electron chi connectivity index (χ2n) is 3.73. The number of rotatable bonds is 4. The smallest absolute Gasteiger partial charge is 0.419 e. The minimum atomic E-state index is -4.78. The maximum absolute atomic E-state index is 13.1. The van der Waals surface area contributed by atoms with Gasteiger partial charge in [-0.05, 0) is 25.2 Å². The van der Waals surface area contributed by atoms with Gasteiger partial charge in [0, 0.05) is 6.54 Å². The van der Waals surface area contributed by atoms with E-state index in [1.165, 1.54) is 0 Å². The fraction of sp³-hybridized carbons (Fsp3) is 0.273. The summed E-state index contributed by atoms with van der Waals surface area (Å²) in [6, 6.07) is 2.39. The van der Waals surface area contributed by atoms with Gasteiger partial charge in [-0.15, -0.1) is 5.10 Å². The van der Waals surface area contributed by atoms with Gasteiger partial charge in [0.15, 0.2) is 0 Å². The van der Waals surface area contributed by atoms with E-state index in [4.69, 9.17) is 4.74 Å². The van der Waals surface area contributed by atoms with Crippen LogP contribution in [0.1, 0.15) is 10.6 Å². The molecule has 108 valence electrons. The molecule has 0 bridgehead atoms. The number of ether oxygens (including phenoxy) is 1. The number of benzene rings is 1. The van der Waals surface area contributed by atoms with Crippen LogP contribution < -0.4 is 10.1 Å². The van der Waals surface area contributed by atoms with Gasteiger partial charge in [0.2, 0.25) is 0 Å². The zero-order valence-corrected chi connectivity index (χ0v) is 11.0. The summed E-state index contributed by atoms with van der Waals surface area (Å²) in [6.45, 7) is 0.470. The largest absolute Gasteiger partial charge is 0.430 e. The molecular formula is C11H9F4N3OS. The molecule has 0 unspecified atom stereocenters. The van der Waals surface area contributed by atoms with Crippen LogP contribution in [0.4, 0.5) is 17.6 Å². The molecule has 0 aliphatic heterocycles. The Bertz CT molecular complexity index is 600. The molecule has 4 nitrogen and oxygen atoms in total. The summed E-state index contributed by atoms with van der Waals surface area (Å²) < 4.78 is 55.9. The molecule has 1 aromatic heterocycles. The summed E-state index contributed by atoms with van der Waals surface area (Å²) in [6.07, 6.45) is -4.78. The Morgan fingerprint density at radius 3 is 2.70 bits per heavy atom. The summed E-state index contributed by atoms with van der Waals surface area (Å²) in [5.41, 5.74) is -1.38. The highest BCUT2D eigenvalue weighted by Crippen LogP contribution is 2.35. The fourth-order valence-corrected chi connectivity index (χ4v) is 2.11. The topological polar surface area (TPSA) is 47.0 Å². The second kappa shape index (κ2) is 5.71. The van der Waals surface area contributed by atoms with E-state index < -0.39 is 17.6 Å². The van der Waals surface area contributed by atoms with E-state index >= 15 is 0 Å².